The lowest BCUT2D eigenvalue weighted by Crippen LogP contribution is -2.76. The van der Waals surface area contributed by atoms with Crippen molar-refractivity contribution in [3.8, 4) is 16.9 Å². The first-order valence-corrected chi connectivity index (χ1v) is 17.3. The van der Waals surface area contributed by atoms with E-state index in [1.165, 1.54) is 26.2 Å². The fourth-order valence-corrected chi connectivity index (χ4v) is 6.54. The fourth-order valence-electron chi connectivity index (χ4n) is 5.54. The van der Waals surface area contributed by atoms with Gasteiger partial charge in [-0.1, -0.05) is 11.2 Å². The summed E-state index contributed by atoms with van der Waals surface area (Å²) >= 11 is 0.973. The van der Waals surface area contributed by atoms with Gasteiger partial charge < -0.3 is 31.5 Å². The molecule has 0 bridgehead atoms. The molecule has 4 heterocycles. The number of β-lactam (4-membered cyclic amide) rings is 1. The number of nitrogens with zero attached hydrogens (tertiary/aromatic N) is 5. The number of oxime groups is 1. The van der Waals surface area contributed by atoms with Gasteiger partial charge in [-0.3, -0.25) is 14.1 Å². The number of carboxylic acids is 1. The highest BCUT2D eigenvalue weighted by atomic mass is 32.3. The molecule has 3 atom stereocenters. The lowest BCUT2D eigenvalue weighted by Gasteiger charge is -2.50. The van der Waals surface area contributed by atoms with Crippen LogP contribution in [0.4, 0.5) is 5.13 Å². The number of amides is 2. The number of anilines is 1. The molecule has 0 radical (unpaired) electrons. The van der Waals surface area contributed by atoms with E-state index in [4.69, 9.17) is 25.6 Å². The zero-order chi connectivity index (χ0) is 35.9. The molecular formula is C29H37N8O10S2+. The van der Waals surface area contributed by atoms with Crippen molar-refractivity contribution >= 4 is 50.4 Å². The number of fused-ring (bicyclic) bond motifs is 1. The SMILES string of the molecule is C[n+]1cc(-c2ccc3c(c2)CC[C@H]([C@@](C)(O/N=C(\C(=O)N[C@@H]2C(=O)N(OS(=O)(=O)O)C2(C)C)c2csc(N)n2)C(=O)O)O3)cn1CCCN. The molecule has 2 amide bonds. The Morgan fingerprint density at radius 3 is 2.67 bits per heavy atom. The van der Waals surface area contributed by atoms with Crippen LogP contribution < -0.4 is 26.2 Å². The summed E-state index contributed by atoms with van der Waals surface area (Å²) in [5.41, 5.74) is 10.2. The van der Waals surface area contributed by atoms with Crippen LogP contribution >= 0.6 is 11.3 Å². The smallest absolute Gasteiger partial charge is 0.418 e. The van der Waals surface area contributed by atoms with Gasteiger partial charge >= 0.3 is 16.4 Å². The second-order valence-corrected chi connectivity index (χ2v) is 14.2. The zero-order valence-electron chi connectivity index (χ0n) is 27.0. The first kappa shape index (κ1) is 35.7. The van der Waals surface area contributed by atoms with Gasteiger partial charge in [0.2, 0.25) is 6.20 Å². The second kappa shape index (κ2) is 13.3. The maximum absolute atomic E-state index is 13.5. The molecule has 2 aliphatic heterocycles. The largest absolute Gasteiger partial charge is 0.485 e. The summed E-state index contributed by atoms with van der Waals surface area (Å²) in [6, 6.07) is 4.31. The van der Waals surface area contributed by atoms with Crippen molar-refractivity contribution in [3.63, 3.8) is 0 Å². The van der Waals surface area contributed by atoms with Gasteiger partial charge in [-0.25, -0.2) is 9.78 Å². The van der Waals surface area contributed by atoms with Crippen LogP contribution in [0.3, 0.4) is 0 Å². The number of ether oxygens (including phenoxy) is 1. The number of carboxylic acid groups (broad SMARTS) is 1. The number of hydroxylamine groups is 2. The van der Waals surface area contributed by atoms with Crippen molar-refractivity contribution in [1.82, 2.24) is 20.0 Å². The zero-order valence-corrected chi connectivity index (χ0v) is 28.7. The monoisotopic (exact) mass is 721 g/mol. The van der Waals surface area contributed by atoms with Gasteiger partial charge in [0.05, 0.1) is 23.8 Å². The van der Waals surface area contributed by atoms with Crippen molar-refractivity contribution < 1.29 is 51.0 Å². The van der Waals surface area contributed by atoms with Crippen LogP contribution in [0.1, 0.15) is 44.9 Å². The van der Waals surface area contributed by atoms with Crippen LogP contribution in [-0.2, 0) is 53.9 Å². The first-order valence-electron chi connectivity index (χ1n) is 15.0. The lowest BCUT2D eigenvalue weighted by molar-refractivity contribution is -0.753. The van der Waals surface area contributed by atoms with Gasteiger partial charge in [-0.15, -0.1) is 20.3 Å². The lowest BCUT2D eigenvalue weighted by atomic mass is 9.84. The normalized spacial score (nSPS) is 20.1. The van der Waals surface area contributed by atoms with E-state index >= 15 is 0 Å². The van der Waals surface area contributed by atoms with Gasteiger partial charge in [0.1, 0.15) is 17.5 Å². The molecule has 0 unspecified atom stereocenters. The second-order valence-electron chi connectivity index (χ2n) is 12.3. The maximum atomic E-state index is 13.5. The number of aryl methyl sites for hydroxylation is 3. The summed E-state index contributed by atoms with van der Waals surface area (Å²) < 4.78 is 45.9. The number of carbonyl (C=O) groups excluding carboxylic acids is 2. The molecule has 1 saturated heterocycles. The van der Waals surface area contributed by atoms with Gasteiger partial charge in [0.25, 0.3) is 17.4 Å². The van der Waals surface area contributed by atoms with Crippen LogP contribution in [0.5, 0.6) is 5.75 Å². The maximum Gasteiger partial charge on any atom is 0.418 e. The summed E-state index contributed by atoms with van der Waals surface area (Å²) in [6.45, 7) is 5.38. The first-order chi connectivity index (χ1) is 22.9. The van der Waals surface area contributed by atoms with E-state index in [9.17, 15) is 27.9 Å². The highest BCUT2D eigenvalue weighted by Gasteiger charge is 2.58. The number of nitrogen functional groups attached to an aromatic ring is 1. The number of hydrogen-bond acceptors (Lipinski definition) is 13. The molecule has 2 aliphatic rings. The molecule has 0 spiro atoms. The number of thiazole rings is 1. The van der Waals surface area contributed by atoms with E-state index in [1.54, 1.807) is 6.07 Å². The van der Waals surface area contributed by atoms with E-state index in [2.05, 4.69) is 24.4 Å². The highest BCUT2D eigenvalue weighted by molar-refractivity contribution is 7.80. The predicted molar refractivity (Wildman–Crippen MR) is 173 cm³/mol. The number of aliphatic carboxylic acids is 1. The van der Waals surface area contributed by atoms with Gasteiger partial charge in [-0.05, 0) is 69.8 Å². The third kappa shape index (κ3) is 7.22. The molecule has 20 heteroatoms. The van der Waals surface area contributed by atoms with Crippen molar-refractivity contribution in [3.05, 3.63) is 47.2 Å². The number of carbonyl (C=O) groups is 3. The van der Waals surface area contributed by atoms with Crippen molar-refractivity contribution in [1.29, 1.82) is 0 Å². The number of rotatable bonds is 13. The molecule has 1 fully saturated rings. The molecule has 18 nitrogen and oxygen atoms in total. The van der Waals surface area contributed by atoms with Gasteiger partial charge in [0, 0.05) is 5.38 Å². The summed E-state index contributed by atoms with van der Waals surface area (Å²) in [5.74, 6) is -2.94. The van der Waals surface area contributed by atoms with Gasteiger partial charge in [0.15, 0.2) is 24.0 Å². The van der Waals surface area contributed by atoms with E-state index < -0.39 is 57.2 Å². The molecule has 0 aliphatic carbocycles. The van der Waals surface area contributed by atoms with Crippen LogP contribution in [0.25, 0.3) is 11.1 Å². The van der Waals surface area contributed by atoms with Crippen molar-refractivity contribution in [2.24, 2.45) is 17.9 Å². The van der Waals surface area contributed by atoms with Gasteiger partial charge in [-0.2, -0.15) is 18.2 Å². The molecule has 5 rings (SSSR count). The van der Waals surface area contributed by atoms with Crippen molar-refractivity contribution in [2.45, 2.75) is 69.9 Å². The van der Waals surface area contributed by atoms with Crippen molar-refractivity contribution in [2.75, 3.05) is 12.3 Å². The molecule has 2 aromatic heterocycles. The molecular weight excluding hydrogens is 684 g/mol. The van der Waals surface area contributed by atoms with Crippen LogP contribution in [0, 0.1) is 0 Å². The Morgan fingerprint density at radius 2 is 2.06 bits per heavy atom. The molecule has 0 saturated carbocycles. The molecule has 264 valence electrons. The number of nitrogens with one attached hydrogen (secondary N) is 1. The Hall–Kier alpha value is -4.63. The Kier molecular flexibility index (Phi) is 9.72. The summed E-state index contributed by atoms with van der Waals surface area (Å²) in [7, 11) is -3.08. The average Bonchev–Trinajstić information content (AvgIpc) is 3.64. The standard InChI is InChI=1S/C29H36N8O10S2/c1-28(2)23(25(39)37(28)47-49(42,43)44)33-24(38)22(19-15-48-27(31)32-19)34-46-29(3,26(40)41)21-9-7-17-12-16(6-8-20(17)45-21)18-13-35(4)36(14-18)11-5-10-30/h6,8,12-15,21,23H,5,7,9-11,30H2,1-4H3,(H4-,31,32,33,38,40,41,42,43,44)/p+1/b34-22-/t21-,23-,29-/m1/s1. The van der Waals surface area contributed by atoms with E-state index in [-0.39, 0.29) is 17.2 Å². The third-order valence-corrected chi connectivity index (χ3v) is 9.43. The van der Waals surface area contributed by atoms with E-state index in [0.717, 1.165) is 41.0 Å². The minimum absolute atomic E-state index is 0.0664. The molecule has 7 N–H and O–H groups in total. The fraction of sp³-hybridized carbons (Fsp3) is 0.448. The topological polar surface area (TPSA) is 255 Å². The molecule has 3 aromatic rings. The number of hydrogen-bond donors (Lipinski definition) is 5. The number of benzene rings is 1. The number of aromatic nitrogens is 3. The Morgan fingerprint density at radius 1 is 1.33 bits per heavy atom. The number of nitrogens with two attached hydrogens (primary N) is 2. The Labute approximate surface area is 285 Å². The quantitative estimate of drug-likeness (QED) is 0.0519. The van der Waals surface area contributed by atoms with E-state index in [1.807, 2.05) is 36.3 Å². The Balaban J connectivity index is 1.36. The van der Waals surface area contributed by atoms with Crippen LogP contribution in [-0.4, -0.2) is 86.1 Å². The van der Waals surface area contributed by atoms with Crippen LogP contribution in [0.2, 0.25) is 0 Å². The molecule has 49 heavy (non-hydrogen) atoms. The molecule has 1 aromatic carbocycles. The minimum atomic E-state index is -5.02. The highest BCUT2D eigenvalue weighted by Crippen LogP contribution is 2.37. The Bertz CT molecular complexity index is 1920. The van der Waals surface area contributed by atoms with Crippen LogP contribution in [0.15, 0.2) is 41.1 Å². The summed E-state index contributed by atoms with van der Waals surface area (Å²) in [6.07, 6.45) is 4.54. The predicted octanol–water partition coefficient (Wildman–Crippen LogP) is 0.165. The minimum Gasteiger partial charge on any atom is -0.485 e. The third-order valence-electron chi connectivity index (χ3n) is 8.42. The summed E-state index contributed by atoms with van der Waals surface area (Å²) in [4.78, 5) is 48.4. The van der Waals surface area contributed by atoms with E-state index in [0.29, 0.717) is 23.8 Å². The summed E-state index contributed by atoms with van der Waals surface area (Å²) in [5, 5.41) is 18.5. The average molecular weight is 722 g/mol.